The van der Waals surface area contributed by atoms with Crippen LogP contribution in [0.15, 0.2) is 60.8 Å². The molecular formula is C24H22F3N3O2. The van der Waals surface area contributed by atoms with Gasteiger partial charge in [-0.1, -0.05) is 30.3 Å². The van der Waals surface area contributed by atoms with E-state index in [-0.39, 0.29) is 11.5 Å². The third-order valence-electron chi connectivity index (χ3n) is 6.39. The van der Waals surface area contributed by atoms with E-state index >= 15 is 0 Å². The smallest absolute Gasteiger partial charge is 0.406 e. The highest BCUT2D eigenvalue weighted by atomic mass is 19.4. The number of aromatic nitrogens is 1. The van der Waals surface area contributed by atoms with E-state index in [0.717, 1.165) is 36.6 Å². The molecule has 2 unspecified atom stereocenters. The predicted molar refractivity (Wildman–Crippen MR) is 113 cm³/mol. The van der Waals surface area contributed by atoms with E-state index in [0.29, 0.717) is 24.3 Å². The molecule has 1 aliphatic heterocycles. The van der Waals surface area contributed by atoms with Crippen LogP contribution in [-0.2, 0) is 6.54 Å². The first-order valence-corrected chi connectivity index (χ1v) is 10.6. The second-order valence-electron chi connectivity index (χ2n) is 8.46. The predicted octanol–water partition coefficient (Wildman–Crippen LogP) is 4.24. The number of hydrogen-bond acceptors (Lipinski definition) is 4. The molecule has 1 amide bonds. The lowest BCUT2D eigenvalue weighted by molar-refractivity contribution is -0.274. The van der Waals surface area contributed by atoms with E-state index in [1.807, 2.05) is 12.3 Å². The molecule has 1 saturated heterocycles. The lowest BCUT2D eigenvalue weighted by Crippen LogP contribution is -2.30. The number of nitrogens with zero attached hydrogens (tertiary/aromatic N) is 2. The first kappa shape index (κ1) is 20.8. The number of benzene rings is 2. The zero-order chi connectivity index (χ0) is 22.3. The second-order valence-corrected chi connectivity index (χ2v) is 8.46. The van der Waals surface area contributed by atoms with Crippen LogP contribution < -0.4 is 10.1 Å². The minimum absolute atomic E-state index is 0.155. The highest BCUT2D eigenvalue weighted by Crippen LogP contribution is 2.51. The Bertz CT molecular complexity index is 1130. The highest BCUT2D eigenvalue weighted by Gasteiger charge is 2.55. The van der Waals surface area contributed by atoms with Gasteiger partial charge in [-0.25, -0.2) is 0 Å². The molecule has 2 aromatic carbocycles. The van der Waals surface area contributed by atoms with E-state index in [9.17, 15) is 18.0 Å². The molecule has 5 nitrogen and oxygen atoms in total. The van der Waals surface area contributed by atoms with Crippen molar-refractivity contribution in [1.29, 1.82) is 0 Å². The molecule has 32 heavy (non-hydrogen) atoms. The molecule has 2 fully saturated rings. The number of piperidine rings is 1. The third kappa shape index (κ3) is 4.41. The van der Waals surface area contributed by atoms with Gasteiger partial charge in [0.05, 0.1) is 5.52 Å². The number of alkyl halides is 3. The number of hydrogen-bond donors (Lipinski definition) is 1. The van der Waals surface area contributed by atoms with Crippen molar-refractivity contribution in [3.63, 3.8) is 0 Å². The van der Waals surface area contributed by atoms with Crippen molar-refractivity contribution in [2.24, 2.45) is 17.8 Å². The van der Waals surface area contributed by atoms with Crippen LogP contribution in [-0.4, -0.2) is 41.8 Å². The molecule has 2 heterocycles. The van der Waals surface area contributed by atoms with Crippen molar-refractivity contribution in [3.05, 3.63) is 71.9 Å². The number of nitrogens with one attached hydrogen (secondary N) is 1. The molecule has 3 aromatic rings. The minimum Gasteiger partial charge on any atom is -0.406 e. The van der Waals surface area contributed by atoms with Gasteiger partial charge in [-0.3, -0.25) is 14.7 Å². The molecule has 0 radical (unpaired) electrons. The van der Waals surface area contributed by atoms with Gasteiger partial charge in [0, 0.05) is 43.3 Å². The van der Waals surface area contributed by atoms with Crippen LogP contribution in [0.5, 0.6) is 5.75 Å². The lowest BCUT2D eigenvalue weighted by Gasteiger charge is -2.20. The van der Waals surface area contributed by atoms with Gasteiger partial charge in [0.15, 0.2) is 0 Å². The zero-order valence-electron chi connectivity index (χ0n) is 17.2. The molecule has 0 spiro atoms. The number of fused-ring (bicyclic) bond motifs is 2. The average molecular weight is 441 g/mol. The van der Waals surface area contributed by atoms with Gasteiger partial charge >= 0.3 is 6.36 Å². The van der Waals surface area contributed by atoms with Crippen molar-refractivity contribution in [2.75, 3.05) is 19.6 Å². The summed E-state index contributed by atoms with van der Waals surface area (Å²) in [4.78, 5) is 19.3. The first-order chi connectivity index (χ1) is 15.4. The summed E-state index contributed by atoms with van der Waals surface area (Å²) in [7, 11) is 0. The quantitative estimate of drug-likeness (QED) is 0.622. The Balaban J connectivity index is 1.12. The molecule has 166 valence electrons. The Morgan fingerprint density at radius 1 is 1.09 bits per heavy atom. The minimum atomic E-state index is -4.78. The summed E-state index contributed by atoms with van der Waals surface area (Å²) in [5.41, 5.74) is 2.41. The summed E-state index contributed by atoms with van der Waals surface area (Å²) in [5, 5.41) is 4.00. The summed E-state index contributed by atoms with van der Waals surface area (Å²) in [6, 6.07) is 15.4. The number of amides is 1. The SMILES string of the molecule is O=C(NCC1C2CN(Cc3cccc4cccnc34)CC12)c1cccc(OC(F)(F)F)c1. The van der Waals surface area contributed by atoms with Crippen molar-refractivity contribution < 1.29 is 22.7 Å². The van der Waals surface area contributed by atoms with Crippen LogP contribution in [0.1, 0.15) is 15.9 Å². The summed E-state index contributed by atoms with van der Waals surface area (Å²) in [6.45, 7) is 3.33. The normalized spacial score (nSPS) is 22.5. The number of carbonyl (C=O) groups is 1. The van der Waals surface area contributed by atoms with Gasteiger partial charge in [0.25, 0.3) is 5.91 Å². The number of pyridine rings is 1. The van der Waals surface area contributed by atoms with E-state index < -0.39 is 12.1 Å². The molecule has 2 atom stereocenters. The molecule has 1 aliphatic carbocycles. The maximum atomic E-state index is 12.4. The maximum Gasteiger partial charge on any atom is 0.573 e. The molecular weight excluding hydrogens is 419 g/mol. The molecule has 1 saturated carbocycles. The van der Waals surface area contributed by atoms with Gasteiger partial charge in [0.2, 0.25) is 0 Å². The second kappa shape index (κ2) is 8.09. The van der Waals surface area contributed by atoms with Crippen LogP contribution in [0.2, 0.25) is 0 Å². The Hall–Kier alpha value is -3.13. The van der Waals surface area contributed by atoms with Crippen molar-refractivity contribution in [2.45, 2.75) is 12.9 Å². The highest BCUT2D eigenvalue weighted by molar-refractivity contribution is 5.94. The Labute approximate surface area is 183 Å². The zero-order valence-corrected chi connectivity index (χ0v) is 17.2. The summed E-state index contributed by atoms with van der Waals surface area (Å²) in [6.07, 6.45) is -2.97. The fraction of sp³-hybridized carbons (Fsp3) is 0.333. The Morgan fingerprint density at radius 2 is 1.84 bits per heavy atom. The first-order valence-electron chi connectivity index (χ1n) is 10.6. The van der Waals surface area contributed by atoms with Crippen molar-refractivity contribution >= 4 is 16.8 Å². The standard InChI is InChI=1S/C24H22F3N3O2/c25-24(26,27)32-18-8-2-5-16(10-18)23(31)29-11-19-20-13-30(14-21(19)20)12-17-6-1-4-15-7-3-9-28-22(15)17/h1-10,19-21H,11-14H2,(H,29,31). The van der Waals surface area contributed by atoms with Gasteiger partial charge in [-0.2, -0.15) is 0 Å². The largest absolute Gasteiger partial charge is 0.573 e. The summed E-state index contributed by atoms with van der Waals surface area (Å²) in [5.74, 6) is 0.708. The molecule has 1 aromatic heterocycles. The van der Waals surface area contributed by atoms with E-state index in [2.05, 4.69) is 44.2 Å². The van der Waals surface area contributed by atoms with Crippen molar-refractivity contribution in [1.82, 2.24) is 15.2 Å². The average Bonchev–Trinajstić information content (AvgIpc) is 3.21. The van der Waals surface area contributed by atoms with Gasteiger partial charge < -0.3 is 10.1 Å². The van der Waals surface area contributed by atoms with Gasteiger partial charge in [-0.15, -0.1) is 13.2 Å². The Kier molecular flexibility index (Phi) is 5.25. The monoisotopic (exact) mass is 441 g/mol. The summed E-state index contributed by atoms with van der Waals surface area (Å²) >= 11 is 0. The van der Waals surface area contributed by atoms with Gasteiger partial charge in [0.1, 0.15) is 5.75 Å². The van der Waals surface area contributed by atoms with E-state index in [4.69, 9.17) is 0 Å². The molecule has 8 heteroatoms. The maximum absolute atomic E-state index is 12.4. The molecule has 5 rings (SSSR count). The summed E-state index contributed by atoms with van der Waals surface area (Å²) < 4.78 is 41.0. The lowest BCUT2D eigenvalue weighted by atomic mass is 10.1. The van der Waals surface area contributed by atoms with Crippen LogP contribution in [0, 0.1) is 17.8 Å². The number of likely N-dealkylation sites (tertiary alicyclic amines) is 1. The fourth-order valence-electron chi connectivity index (χ4n) is 4.85. The molecule has 1 N–H and O–H groups in total. The topological polar surface area (TPSA) is 54.5 Å². The van der Waals surface area contributed by atoms with E-state index in [1.165, 1.54) is 23.8 Å². The van der Waals surface area contributed by atoms with Crippen molar-refractivity contribution in [3.8, 4) is 5.75 Å². The number of carbonyl (C=O) groups excluding carboxylic acids is 1. The third-order valence-corrected chi connectivity index (χ3v) is 6.39. The van der Waals surface area contributed by atoms with E-state index in [1.54, 1.807) is 0 Å². The number of para-hydroxylation sites is 1. The number of ether oxygens (including phenoxy) is 1. The van der Waals surface area contributed by atoms with Gasteiger partial charge in [-0.05, 0) is 47.6 Å². The molecule has 0 bridgehead atoms. The van der Waals surface area contributed by atoms with Crippen LogP contribution in [0.3, 0.4) is 0 Å². The molecule has 2 aliphatic rings. The van der Waals surface area contributed by atoms with Crippen LogP contribution in [0.25, 0.3) is 10.9 Å². The van der Waals surface area contributed by atoms with Crippen LogP contribution >= 0.6 is 0 Å². The van der Waals surface area contributed by atoms with Crippen LogP contribution in [0.4, 0.5) is 13.2 Å². The Morgan fingerprint density at radius 3 is 2.62 bits per heavy atom. The fourth-order valence-corrected chi connectivity index (χ4v) is 4.85. The number of rotatable bonds is 6. The number of halogens is 3.